The molecule has 0 radical (unpaired) electrons. The van der Waals surface area contributed by atoms with E-state index in [9.17, 15) is 59.8 Å². The van der Waals surface area contributed by atoms with Gasteiger partial charge < -0.3 is 90.6 Å². The second-order valence-electron chi connectivity index (χ2n) is 33.8. The molecule has 1 amide bonds. The Labute approximate surface area is 770 Å². The first-order chi connectivity index (χ1) is 59.4. The molecule has 3 aliphatic heterocycles. The molecule has 1 aromatic heterocycles. The van der Waals surface area contributed by atoms with Gasteiger partial charge in [-0.05, 0) is 246 Å². The van der Waals surface area contributed by atoms with Crippen LogP contribution in [0.25, 0.3) is 0 Å². The van der Waals surface area contributed by atoms with Crippen molar-refractivity contribution in [1.29, 1.82) is 0 Å². The van der Waals surface area contributed by atoms with Crippen molar-refractivity contribution in [2.75, 3.05) is 76.1 Å². The number of esters is 5. The number of ketones is 1. The number of nitrogens with one attached hydrogen (secondary N) is 5. The number of unbranched alkanes of at least 4 members (excludes halogenated alkanes) is 1. The standard InChI is InChI=1S/C21H26N2O5S.C21H28N2O5S.C17H20Cl2O4.C16H19ClN2O5S.C15H24N2O3S/c1-21(2,3)28-20(24)15-13-17(22-29(25)26)19(27-16-9-5-4-6-10-16)18(14-15)23-11-7-8-12-23;1-5-6-12-22-17-13-15(20(24)28-21(2,3)4)14-18(23-29(25)26)19(17)27-16-10-8-7-9-11-16;1-6-10(2)16(21)11-7-8-12(15(19)14(11)18)22-9-13(20)23-17(3,4)5;1-16(2,3)24-15(20)11-7-14(19-25(21)22)12(17)8-13(11)18-9-10-5-4-6-23-10;1-15(2,3)20-12(18)10-11-16(4)13(19)14(21-11)17-8-6-5-7-9-17/h4-6,9-10,13-14,22H,7-8,11-12H2,1-3H3,(H,25,26);7-11,13-14,22-23H,5-6,12H2,1-4H3,(H,25,26);7-8H,2,6,9H2,1,3-5H3;4-8,18-19H,9H2,1-3H3,(H,21,22);10,14H,5-9H2,1-4H3/p-3/b;;;;11-10+. The van der Waals surface area contributed by atoms with E-state index >= 15 is 0 Å². The van der Waals surface area contributed by atoms with Gasteiger partial charge in [0.2, 0.25) is 0 Å². The number of para-hydroxylation sites is 2. The van der Waals surface area contributed by atoms with E-state index < -0.39 is 91.7 Å². The lowest BCUT2D eigenvalue weighted by molar-refractivity contribution is -0.157. The predicted molar refractivity (Wildman–Crippen MR) is 496 cm³/mol. The van der Waals surface area contributed by atoms with Gasteiger partial charge >= 0.3 is 29.8 Å². The van der Waals surface area contributed by atoms with E-state index in [0.29, 0.717) is 70.2 Å². The number of thioether (sulfide) groups is 1. The molecule has 0 bridgehead atoms. The van der Waals surface area contributed by atoms with Gasteiger partial charge in [-0.25, -0.2) is 24.0 Å². The number of likely N-dealkylation sites (N-methyl/N-ethyl adjacent to an activating group) is 1. The zero-order chi connectivity index (χ0) is 94.5. The van der Waals surface area contributed by atoms with Gasteiger partial charge in [0.1, 0.15) is 61.4 Å². The van der Waals surface area contributed by atoms with Crippen molar-refractivity contribution >= 4 is 156 Å². The molecule has 37 heteroatoms. The highest BCUT2D eigenvalue weighted by atomic mass is 35.5. The number of anilines is 6. The molecule has 6 aromatic carbocycles. The number of amides is 1. The topological polar surface area (TPSA) is 397 Å². The van der Waals surface area contributed by atoms with Gasteiger partial charge in [-0.15, -0.1) is 0 Å². The van der Waals surface area contributed by atoms with E-state index in [-0.39, 0.29) is 89.6 Å². The number of allylic oxidation sites excluding steroid dienone is 1. The molecule has 4 unspecified atom stereocenters. The lowest BCUT2D eigenvalue weighted by Crippen LogP contribution is -2.42. The molecule has 3 saturated heterocycles. The summed E-state index contributed by atoms with van der Waals surface area (Å²) >= 11 is 12.0. The quantitative estimate of drug-likeness (QED) is 0.00726. The number of carbonyl (C=O) groups is 7. The van der Waals surface area contributed by atoms with Gasteiger partial charge in [-0.1, -0.05) is 116 Å². The summed E-state index contributed by atoms with van der Waals surface area (Å²) < 4.78 is 123. The van der Waals surface area contributed by atoms with Crippen molar-refractivity contribution in [1.82, 2.24) is 9.80 Å². The van der Waals surface area contributed by atoms with Crippen LogP contribution in [0.1, 0.15) is 216 Å². The van der Waals surface area contributed by atoms with E-state index in [1.54, 1.807) is 144 Å². The van der Waals surface area contributed by atoms with Crippen molar-refractivity contribution in [2.24, 2.45) is 0 Å². The van der Waals surface area contributed by atoms with E-state index in [1.807, 2.05) is 64.1 Å². The minimum atomic E-state index is -2.60. The molecule has 127 heavy (non-hydrogen) atoms. The van der Waals surface area contributed by atoms with Gasteiger partial charge in [-0.2, -0.15) is 0 Å². The van der Waals surface area contributed by atoms with E-state index in [4.69, 9.17) is 77.1 Å². The zero-order valence-electron chi connectivity index (χ0n) is 74.7. The summed E-state index contributed by atoms with van der Waals surface area (Å²) in [6.45, 7) is 38.4. The van der Waals surface area contributed by atoms with E-state index in [2.05, 4.69) is 48.1 Å². The Morgan fingerprint density at radius 2 is 1.06 bits per heavy atom. The van der Waals surface area contributed by atoms with Gasteiger partial charge in [0, 0.05) is 66.0 Å². The fraction of sp³-hybridized carbons (Fsp3) is 0.433. The summed E-state index contributed by atoms with van der Waals surface area (Å²) in [7, 11) is 1.72. The third-order valence-electron chi connectivity index (χ3n) is 17.3. The third-order valence-corrected chi connectivity index (χ3v) is 21.0. The minimum Gasteiger partial charge on any atom is -0.755 e. The van der Waals surface area contributed by atoms with Crippen LogP contribution in [0.3, 0.4) is 0 Å². The Hall–Kier alpha value is -9.72. The molecule has 0 saturated carbocycles. The summed E-state index contributed by atoms with van der Waals surface area (Å²) in [4.78, 5) is 91.6. The molecule has 694 valence electrons. The average molecular weight is 1890 g/mol. The van der Waals surface area contributed by atoms with Crippen LogP contribution in [0.2, 0.25) is 15.1 Å². The van der Waals surface area contributed by atoms with Gasteiger partial charge in [0.05, 0.1) is 84.8 Å². The van der Waals surface area contributed by atoms with Crippen molar-refractivity contribution < 1.29 is 102 Å². The molecule has 4 atom stereocenters. The third kappa shape index (κ3) is 36.7. The Morgan fingerprint density at radius 1 is 0.559 bits per heavy atom. The van der Waals surface area contributed by atoms with Crippen molar-refractivity contribution in [3.05, 3.63) is 194 Å². The van der Waals surface area contributed by atoms with Crippen LogP contribution < -0.4 is 43.9 Å². The molecule has 0 aliphatic carbocycles. The molecular formula is C90H114Cl3N8O22S4-3. The number of Topliss-reactive ketones (excluding diaryl/α,β-unsaturated/α-hetero) is 1. The number of benzene rings is 6. The lowest BCUT2D eigenvalue weighted by Gasteiger charge is -2.29. The maximum atomic E-state index is 12.7. The number of nitrogens with zero attached hydrogens (tertiary/aromatic N) is 3. The molecule has 30 nitrogen and oxygen atoms in total. The number of furan rings is 1. The Bertz CT molecular complexity index is 5020. The Balaban J connectivity index is 0.000000246. The maximum absolute atomic E-state index is 12.7. The smallest absolute Gasteiger partial charge is 0.344 e. The second kappa shape index (κ2) is 49.2. The minimum absolute atomic E-state index is 0.0525. The predicted octanol–water partition coefficient (Wildman–Crippen LogP) is 19.8. The highest BCUT2D eigenvalue weighted by Gasteiger charge is 2.40. The normalized spacial score (nSPS) is 15.1. The molecular weight excluding hydrogens is 1780 g/mol. The molecule has 0 spiro atoms. The Kier molecular flexibility index (Phi) is 41.1. The van der Waals surface area contributed by atoms with E-state index in [0.717, 1.165) is 64.7 Å². The Morgan fingerprint density at radius 3 is 1.56 bits per heavy atom. The highest BCUT2D eigenvalue weighted by Crippen LogP contribution is 2.45. The summed E-state index contributed by atoms with van der Waals surface area (Å²) in [6, 6.07) is 33.6. The largest absolute Gasteiger partial charge is 0.755 e. The number of hydrogen-bond acceptors (Lipinski definition) is 27. The van der Waals surface area contributed by atoms with Crippen LogP contribution in [0, 0.1) is 0 Å². The fourth-order valence-corrected chi connectivity index (χ4v) is 14.8. The zero-order valence-corrected chi connectivity index (χ0v) is 80.2. The van der Waals surface area contributed by atoms with Crippen molar-refractivity contribution in [2.45, 2.75) is 209 Å². The van der Waals surface area contributed by atoms with Crippen LogP contribution in [0.5, 0.6) is 28.7 Å². The van der Waals surface area contributed by atoms with Crippen molar-refractivity contribution in [3.63, 3.8) is 0 Å². The summed E-state index contributed by atoms with van der Waals surface area (Å²) in [5, 5.41) is 7.04. The van der Waals surface area contributed by atoms with Gasteiger partial charge in [0.15, 0.2) is 23.9 Å². The summed E-state index contributed by atoms with van der Waals surface area (Å²) in [5.41, 5.74) is 0.116. The number of rotatable bonds is 29. The average Bonchev–Trinajstić information content (AvgIpc) is 1.40. The first-order valence-corrected chi connectivity index (χ1v) is 46.0. The number of halogens is 3. The number of carbonyl (C=O) groups excluding carboxylic acids is 7. The molecule has 5 N–H and O–H groups in total. The second-order valence-corrected chi connectivity index (χ2v) is 38.1. The van der Waals surface area contributed by atoms with Crippen LogP contribution in [0.4, 0.5) is 34.1 Å². The number of piperidine rings is 1. The molecule has 3 fully saturated rings. The molecule has 4 heterocycles. The number of ether oxygens (including phenoxy) is 8. The SMILES string of the molecule is C=C(CC)C(=O)c1ccc(OCC(=O)OC(C)(C)C)c(Cl)c1Cl.CC(C)(C)OC(=O)c1cc(NS(=O)[O-])c(Cl)cc1NCc1ccco1.CC(C)(C)OC(=O)c1cc(NS(=O)[O-])c(Oc2ccccc2)c(N2CCCC2)c1.CCCCNc1cc(C(=O)OC(C)(C)C)cc(NS(=O)[O-])c1Oc1ccccc1.CN1C(=O)C(N2CCCCC2)S/C1=C/C(=O)OC(C)(C)C. The summed E-state index contributed by atoms with van der Waals surface area (Å²) in [6.07, 6.45) is 10.9. The van der Waals surface area contributed by atoms with E-state index in [1.165, 1.54) is 66.9 Å². The van der Waals surface area contributed by atoms with Crippen LogP contribution in [0.15, 0.2) is 155 Å². The van der Waals surface area contributed by atoms with Crippen LogP contribution >= 0.6 is 46.6 Å². The monoisotopic (exact) mass is 1890 g/mol. The lowest BCUT2D eigenvalue weighted by atomic mass is 10.0. The number of hydrogen-bond donors (Lipinski definition) is 5. The maximum Gasteiger partial charge on any atom is 0.344 e. The highest BCUT2D eigenvalue weighted by molar-refractivity contribution is 8.04. The van der Waals surface area contributed by atoms with Gasteiger partial charge in [-0.3, -0.25) is 27.1 Å². The van der Waals surface area contributed by atoms with Crippen molar-refractivity contribution in [3.8, 4) is 28.7 Å². The molecule has 3 aliphatic rings. The van der Waals surface area contributed by atoms with Crippen LogP contribution in [-0.4, -0.2) is 157 Å². The molecule has 7 aromatic rings. The number of likely N-dealkylation sites (tertiary alicyclic amines) is 1. The van der Waals surface area contributed by atoms with Gasteiger partial charge in [0.25, 0.3) is 5.91 Å². The fourth-order valence-electron chi connectivity index (χ4n) is 11.8. The molecule has 10 rings (SSSR count). The first kappa shape index (κ1) is 106. The van der Waals surface area contributed by atoms with Crippen LogP contribution in [-0.2, 0) is 78.4 Å². The summed E-state index contributed by atoms with van der Waals surface area (Å²) in [5.74, 6) is -0.206. The first-order valence-electron chi connectivity index (χ1n) is 40.8.